The SMILES string of the molecule is CN=C(NCCCCN1CCC(C(N)=O)CC1)N1CC(C)OC(c2ccc(F)cc2)C1.I. The molecule has 2 aliphatic heterocycles. The van der Waals surface area contributed by atoms with Crippen LogP contribution in [0.2, 0.25) is 0 Å². The summed E-state index contributed by atoms with van der Waals surface area (Å²) in [4.78, 5) is 20.4. The molecular weight excluding hydrogens is 524 g/mol. The summed E-state index contributed by atoms with van der Waals surface area (Å²) in [6, 6.07) is 6.54. The molecule has 2 unspecified atom stereocenters. The molecule has 0 aromatic heterocycles. The average molecular weight is 561 g/mol. The molecule has 1 aromatic rings. The number of nitrogens with one attached hydrogen (secondary N) is 1. The van der Waals surface area contributed by atoms with Crippen LogP contribution in [0.1, 0.15) is 44.3 Å². The molecule has 0 radical (unpaired) electrons. The first-order chi connectivity index (χ1) is 15.0. The number of ether oxygens (including phenoxy) is 1. The zero-order chi connectivity index (χ0) is 22.2. The molecular formula is C23H37FIN5O2. The molecule has 2 saturated heterocycles. The topological polar surface area (TPSA) is 83.2 Å². The summed E-state index contributed by atoms with van der Waals surface area (Å²) in [6.07, 6.45) is 3.87. The highest BCUT2D eigenvalue weighted by Gasteiger charge is 2.28. The van der Waals surface area contributed by atoms with E-state index in [1.807, 2.05) is 0 Å². The van der Waals surface area contributed by atoms with Crippen LogP contribution >= 0.6 is 24.0 Å². The van der Waals surface area contributed by atoms with Crippen molar-refractivity contribution in [2.75, 3.05) is 46.3 Å². The highest BCUT2D eigenvalue weighted by molar-refractivity contribution is 14.0. The van der Waals surface area contributed by atoms with E-state index in [1.165, 1.54) is 12.1 Å². The van der Waals surface area contributed by atoms with Crippen LogP contribution in [0.3, 0.4) is 0 Å². The lowest BCUT2D eigenvalue weighted by Crippen LogP contribution is -2.50. The minimum Gasteiger partial charge on any atom is -0.369 e. The maximum Gasteiger partial charge on any atom is 0.220 e. The van der Waals surface area contributed by atoms with E-state index >= 15 is 0 Å². The molecule has 0 spiro atoms. The van der Waals surface area contributed by atoms with E-state index in [0.29, 0.717) is 6.54 Å². The van der Waals surface area contributed by atoms with Crippen molar-refractivity contribution < 1.29 is 13.9 Å². The number of morpholine rings is 1. The van der Waals surface area contributed by atoms with E-state index in [9.17, 15) is 9.18 Å². The van der Waals surface area contributed by atoms with Gasteiger partial charge in [0.25, 0.3) is 0 Å². The highest BCUT2D eigenvalue weighted by Crippen LogP contribution is 2.25. The third kappa shape index (κ3) is 7.84. The second kappa shape index (κ2) is 13.3. The Balaban J connectivity index is 0.00000363. The second-order valence-electron chi connectivity index (χ2n) is 8.59. The lowest BCUT2D eigenvalue weighted by molar-refractivity contribution is -0.123. The Bertz CT molecular complexity index is 740. The van der Waals surface area contributed by atoms with Crippen molar-refractivity contribution in [2.45, 2.75) is 44.8 Å². The van der Waals surface area contributed by atoms with E-state index < -0.39 is 0 Å². The summed E-state index contributed by atoms with van der Waals surface area (Å²) in [5.41, 5.74) is 6.39. The number of aliphatic imine (C=N–C) groups is 1. The monoisotopic (exact) mass is 561 g/mol. The molecule has 7 nitrogen and oxygen atoms in total. The Kier molecular flexibility index (Phi) is 11.1. The first-order valence-electron chi connectivity index (χ1n) is 11.3. The first kappa shape index (κ1) is 26.8. The number of likely N-dealkylation sites (tertiary alicyclic amines) is 1. The average Bonchev–Trinajstić information content (AvgIpc) is 2.76. The van der Waals surface area contributed by atoms with Crippen molar-refractivity contribution >= 4 is 35.8 Å². The number of amides is 1. The van der Waals surface area contributed by atoms with Crippen LogP contribution in [0.4, 0.5) is 4.39 Å². The molecule has 0 saturated carbocycles. The van der Waals surface area contributed by atoms with E-state index in [0.717, 1.165) is 69.9 Å². The Morgan fingerprint density at radius 3 is 2.53 bits per heavy atom. The molecule has 2 atom stereocenters. The number of guanidine groups is 1. The molecule has 0 aliphatic carbocycles. The van der Waals surface area contributed by atoms with Gasteiger partial charge in [0.05, 0.1) is 12.6 Å². The van der Waals surface area contributed by atoms with Gasteiger partial charge in [-0.1, -0.05) is 12.1 Å². The minimum atomic E-state index is -0.237. The predicted octanol–water partition coefficient (Wildman–Crippen LogP) is 2.76. The number of rotatable bonds is 7. The maximum atomic E-state index is 13.3. The molecule has 32 heavy (non-hydrogen) atoms. The number of carbonyl (C=O) groups excluding carboxylic acids is 1. The van der Waals surface area contributed by atoms with Crippen molar-refractivity contribution in [3.05, 3.63) is 35.6 Å². The summed E-state index contributed by atoms with van der Waals surface area (Å²) in [6.45, 7) is 7.33. The van der Waals surface area contributed by atoms with Crippen LogP contribution in [0.5, 0.6) is 0 Å². The zero-order valence-electron chi connectivity index (χ0n) is 19.1. The maximum absolute atomic E-state index is 13.3. The summed E-state index contributed by atoms with van der Waals surface area (Å²) in [5, 5.41) is 3.48. The number of unbranched alkanes of at least 4 members (excludes halogenated alkanes) is 1. The quantitative estimate of drug-likeness (QED) is 0.232. The normalized spacial score (nSPS) is 23.0. The molecule has 180 valence electrons. The molecule has 3 rings (SSSR count). The van der Waals surface area contributed by atoms with Crippen LogP contribution in [0, 0.1) is 11.7 Å². The fourth-order valence-corrected chi connectivity index (χ4v) is 4.42. The smallest absolute Gasteiger partial charge is 0.220 e. The summed E-state index contributed by atoms with van der Waals surface area (Å²) in [5.74, 6) is 0.536. The Morgan fingerprint density at radius 1 is 1.22 bits per heavy atom. The van der Waals surface area contributed by atoms with Gasteiger partial charge in [0.2, 0.25) is 5.91 Å². The van der Waals surface area contributed by atoms with Gasteiger partial charge in [0, 0.05) is 26.1 Å². The Morgan fingerprint density at radius 2 is 1.91 bits per heavy atom. The highest BCUT2D eigenvalue weighted by atomic mass is 127. The number of hydrogen-bond donors (Lipinski definition) is 2. The van der Waals surface area contributed by atoms with Crippen molar-refractivity contribution in [3.63, 3.8) is 0 Å². The van der Waals surface area contributed by atoms with Gasteiger partial charge < -0.3 is 25.6 Å². The van der Waals surface area contributed by atoms with Gasteiger partial charge in [-0.05, 0) is 69.9 Å². The molecule has 0 bridgehead atoms. The molecule has 2 fully saturated rings. The van der Waals surface area contributed by atoms with Crippen LogP contribution in [-0.4, -0.2) is 74.1 Å². The summed E-state index contributed by atoms with van der Waals surface area (Å²) >= 11 is 0. The number of benzene rings is 1. The molecule has 1 amide bonds. The number of piperidine rings is 1. The predicted molar refractivity (Wildman–Crippen MR) is 136 cm³/mol. The fourth-order valence-electron chi connectivity index (χ4n) is 4.42. The molecule has 3 N–H and O–H groups in total. The van der Waals surface area contributed by atoms with E-state index in [2.05, 4.69) is 27.0 Å². The van der Waals surface area contributed by atoms with Gasteiger partial charge in [0.1, 0.15) is 11.9 Å². The van der Waals surface area contributed by atoms with Crippen molar-refractivity contribution in [2.24, 2.45) is 16.6 Å². The first-order valence-corrected chi connectivity index (χ1v) is 11.3. The summed E-state index contributed by atoms with van der Waals surface area (Å²) < 4.78 is 19.3. The number of hydrogen-bond acceptors (Lipinski definition) is 4. The van der Waals surface area contributed by atoms with Crippen LogP contribution in [0.25, 0.3) is 0 Å². The van der Waals surface area contributed by atoms with Gasteiger partial charge in [-0.25, -0.2) is 4.39 Å². The van der Waals surface area contributed by atoms with Crippen molar-refractivity contribution in [1.82, 2.24) is 15.1 Å². The largest absolute Gasteiger partial charge is 0.369 e. The third-order valence-electron chi connectivity index (χ3n) is 6.19. The van der Waals surface area contributed by atoms with Gasteiger partial charge in [-0.15, -0.1) is 24.0 Å². The van der Waals surface area contributed by atoms with Gasteiger partial charge in [-0.3, -0.25) is 9.79 Å². The van der Waals surface area contributed by atoms with E-state index in [1.54, 1.807) is 19.2 Å². The van der Waals surface area contributed by atoms with Gasteiger partial charge >= 0.3 is 0 Å². The Hall–Kier alpha value is -1.46. The number of nitrogens with zero attached hydrogens (tertiary/aromatic N) is 3. The molecule has 1 aromatic carbocycles. The van der Waals surface area contributed by atoms with Crippen LogP contribution in [0.15, 0.2) is 29.3 Å². The molecule has 2 heterocycles. The van der Waals surface area contributed by atoms with Crippen molar-refractivity contribution in [3.8, 4) is 0 Å². The number of carbonyl (C=O) groups is 1. The number of primary amides is 1. The van der Waals surface area contributed by atoms with E-state index in [4.69, 9.17) is 10.5 Å². The van der Waals surface area contributed by atoms with Crippen molar-refractivity contribution in [1.29, 1.82) is 0 Å². The summed E-state index contributed by atoms with van der Waals surface area (Å²) in [7, 11) is 1.80. The molecule has 2 aliphatic rings. The lowest BCUT2D eigenvalue weighted by atomic mass is 9.96. The van der Waals surface area contributed by atoms with Gasteiger partial charge in [-0.2, -0.15) is 0 Å². The third-order valence-corrected chi connectivity index (χ3v) is 6.19. The molecule has 9 heteroatoms. The minimum absolute atomic E-state index is 0. The number of nitrogens with two attached hydrogens (primary N) is 1. The standard InChI is InChI=1S/C23H36FN5O2.HI/c1-17-15-29(16-21(31-17)18-5-7-20(24)8-6-18)23(26-2)27-11-3-4-12-28-13-9-19(10-14-28)22(25)30;/h5-8,17,19,21H,3-4,9-16H2,1-2H3,(H2,25,30)(H,26,27);1H. The second-order valence-corrected chi connectivity index (χ2v) is 8.59. The van der Waals surface area contributed by atoms with Gasteiger partial charge in [0.15, 0.2) is 5.96 Å². The number of halogens is 2. The fraction of sp³-hybridized carbons (Fsp3) is 0.652. The zero-order valence-corrected chi connectivity index (χ0v) is 21.5. The van der Waals surface area contributed by atoms with E-state index in [-0.39, 0.29) is 53.8 Å². The Labute approximate surface area is 208 Å². The van der Waals surface area contributed by atoms with Crippen LogP contribution in [-0.2, 0) is 9.53 Å². The lowest BCUT2D eigenvalue weighted by Gasteiger charge is -2.38. The van der Waals surface area contributed by atoms with Crippen LogP contribution < -0.4 is 11.1 Å².